The SMILES string of the molecule is CCS(=O)(=O)[C@H]1CCN(Cc2c(OC)cc(C)c3[nH]ccc23)[C@H](c2ccc(C(=O)O)cc2)C1. The van der Waals surface area contributed by atoms with Crippen LogP contribution >= 0.6 is 0 Å². The van der Waals surface area contributed by atoms with Crippen LogP contribution in [0, 0.1) is 6.92 Å². The molecule has 2 N–H and O–H groups in total. The molecule has 0 aliphatic carbocycles. The first-order chi connectivity index (χ1) is 15.7. The van der Waals surface area contributed by atoms with Gasteiger partial charge in [-0.05, 0) is 55.2 Å². The first-order valence-corrected chi connectivity index (χ1v) is 12.9. The number of H-pyrrole nitrogens is 1. The number of sulfone groups is 1. The lowest BCUT2D eigenvalue weighted by Gasteiger charge is -2.40. The molecule has 2 aromatic carbocycles. The number of aromatic carboxylic acids is 1. The Morgan fingerprint density at radius 2 is 1.97 bits per heavy atom. The van der Waals surface area contributed by atoms with Gasteiger partial charge in [0.15, 0.2) is 9.84 Å². The third-order valence-electron chi connectivity index (χ3n) is 6.81. The number of aromatic nitrogens is 1. The summed E-state index contributed by atoms with van der Waals surface area (Å²) in [5, 5.41) is 9.95. The summed E-state index contributed by atoms with van der Waals surface area (Å²) in [5.41, 5.74) is 4.37. The molecule has 2 atom stereocenters. The minimum Gasteiger partial charge on any atom is -0.496 e. The molecule has 0 bridgehead atoms. The molecule has 1 fully saturated rings. The molecular weight excluding hydrogens is 440 g/mol. The minimum absolute atomic E-state index is 0.123. The summed E-state index contributed by atoms with van der Waals surface area (Å²) in [5.74, 6) is -0.0476. The van der Waals surface area contributed by atoms with Crippen LogP contribution in [0.3, 0.4) is 0 Å². The van der Waals surface area contributed by atoms with Crippen LogP contribution < -0.4 is 4.74 Å². The van der Waals surface area contributed by atoms with Gasteiger partial charge in [0.2, 0.25) is 0 Å². The fourth-order valence-corrected chi connectivity index (χ4v) is 6.32. The second-order valence-electron chi connectivity index (χ2n) is 8.65. The van der Waals surface area contributed by atoms with E-state index in [9.17, 15) is 18.3 Å². The number of aryl methyl sites for hydroxylation is 1. The van der Waals surface area contributed by atoms with E-state index in [-0.39, 0.29) is 17.4 Å². The lowest BCUT2D eigenvalue weighted by Crippen LogP contribution is -2.41. The molecule has 0 amide bonds. The standard InChI is InChI=1S/C25H30N2O5S/c1-4-33(30,31)19-10-12-27(22(14-19)17-5-7-18(8-6-17)25(28)29)15-21-20-9-11-26-24(20)16(2)13-23(21)32-3/h5-9,11,13,19,22,26H,4,10,12,14-15H2,1-3H3,(H,28,29)/t19-,22-/m0/s1. The fourth-order valence-electron chi connectivity index (χ4n) is 4.91. The van der Waals surface area contributed by atoms with Gasteiger partial charge >= 0.3 is 5.97 Å². The Hall–Kier alpha value is -2.84. The van der Waals surface area contributed by atoms with E-state index in [0.29, 0.717) is 25.9 Å². The highest BCUT2D eigenvalue weighted by Gasteiger charge is 2.36. The maximum Gasteiger partial charge on any atom is 0.335 e. The molecule has 0 saturated carbocycles. The summed E-state index contributed by atoms with van der Waals surface area (Å²) >= 11 is 0. The van der Waals surface area contributed by atoms with Gasteiger partial charge in [-0.2, -0.15) is 0 Å². The van der Waals surface area contributed by atoms with E-state index in [1.165, 1.54) is 0 Å². The number of methoxy groups -OCH3 is 1. The normalized spacial score (nSPS) is 19.6. The smallest absolute Gasteiger partial charge is 0.335 e. The molecule has 1 aliphatic rings. The van der Waals surface area contributed by atoms with Crippen LogP contribution in [0.5, 0.6) is 5.75 Å². The molecule has 1 aromatic heterocycles. The molecule has 7 nitrogen and oxygen atoms in total. The number of carboxylic acid groups (broad SMARTS) is 1. The molecule has 33 heavy (non-hydrogen) atoms. The number of nitrogens with zero attached hydrogens (tertiary/aromatic N) is 1. The van der Waals surface area contributed by atoms with Crippen molar-refractivity contribution in [2.45, 2.75) is 44.5 Å². The minimum atomic E-state index is -3.17. The molecule has 2 heterocycles. The van der Waals surface area contributed by atoms with E-state index < -0.39 is 21.1 Å². The molecule has 8 heteroatoms. The summed E-state index contributed by atoms with van der Waals surface area (Å²) in [6.45, 7) is 4.96. The van der Waals surface area contributed by atoms with E-state index >= 15 is 0 Å². The Morgan fingerprint density at radius 3 is 2.61 bits per heavy atom. The Balaban J connectivity index is 1.73. The first kappa shape index (κ1) is 23.3. The van der Waals surface area contributed by atoms with Crippen LogP contribution in [0.25, 0.3) is 10.9 Å². The molecule has 0 radical (unpaired) electrons. The van der Waals surface area contributed by atoms with Gasteiger partial charge in [0, 0.05) is 47.5 Å². The Morgan fingerprint density at radius 1 is 1.24 bits per heavy atom. The average Bonchev–Trinajstić information content (AvgIpc) is 3.31. The number of nitrogens with one attached hydrogen (secondary N) is 1. The van der Waals surface area contributed by atoms with E-state index in [1.807, 2.05) is 25.3 Å². The molecule has 4 rings (SSSR count). The van der Waals surface area contributed by atoms with Crippen molar-refractivity contribution in [3.63, 3.8) is 0 Å². The zero-order valence-electron chi connectivity index (χ0n) is 19.2. The number of carboxylic acids is 1. The van der Waals surface area contributed by atoms with E-state index in [2.05, 4.69) is 9.88 Å². The Kier molecular flexibility index (Phi) is 6.50. The third kappa shape index (κ3) is 4.50. The lowest BCUT2D eigenvalue weighted by molar-refractivity contribution is 0.0696. The van der Waals surface area contributed by atoms with Crippen LogP contribution in [0.15, 0.2) is 42.6 Å². The van der Waals surface area contributed by atoms with Gasteiger partial charge < -0.3 is 14.8 Å². The van der Waals surface area contributed by atoms with Crippen LogP contribution in [0.2, 0.25) is 0 Å². The molecule has 1 aliphatic heterocycles. The van der Waals surface area contributed by atoms with Crippen LogP contribution in [0.1, 0.15) is 52.9 Å². The monoisotopic (exact) mass is 470 g/mol. The molecule has 1 saturated heterocycles. The molecular formula is C25H30N2O5S. The third-order valence-corrected chi connectivity index (χ3v) is 9.06. The van der Waals surface area contributed by atoms with Gasteiger partial charge in [-0.25, -0.2) is 13.2 Å². The zero-order valence-corrected chi connectivity index (χ0v) is 20.0. The lowest BCUT2D eigenvalue weighted by atomic mass is 9.93. The predicted molar refractivity (Wildman–Crippen MR) is 129 cm³/mol. The van der Waals surface area contributed by atoms with Crippen LogP contribution in [-0.4, -0.2) is 54.0 Å². The number of hydrogen-bond donors (Lipinski definition) is 2. The van der Waals surface area contributed by atoms with Crippen molar-refractivity contribution < 1.29 is 23.1 Å². The van der Waals surface area contributed by atoms with Gasteiger partial charge in [0.05, 0.1) is 17.9 Å². The number of benzene rings is 2. The summed E-state index contributed by atoms with van der Waals surface area (Å²) in [6.07, 6.45) is 2.97. The Bertz CT molecular complexity index is 1260. The molecule has 0 spiro atoms. The van der Waals surface area contributed by atoms with Crippen molar-refractivity contribution in [2.75, 3.05) is 19.4 Å². The van der Waals surface area contributed by atoms with Crippen LogP contribution in [0.4, 0.5) is 0 Å². The number of piperidine rings is 1. The summed E-state index contributed by atoms with van der Waals surface area (Å²) in [6, 6.07) is 10.7. The number of likely N-dealkylation sites (tertiary alicyclic amines) is 1. The number of aromatic amines is 1. The van der Waals surface area contributed by atoms with Crippen molar-refractivity contribution in [2.24, 2.45) is 0 Å². The van der Waals surface area contributed by atoms with Crippen molar-refractivity contribution in [1.82, 2.24) is 9.88 Å². The average molecular weight is 471 g/mol. The van der Waals surface area contributed by atoms with E-state index in [0.717, 1.165) is 33.3 Å². The summed E-state index contributed by atoms with van der Waals surface area (Å²) < 4.78 is 31.1. The second-order valence-corrected chi connectivity index (χ2v) is 11.2. The number of ether oxygens (including phenoxy) is 1. The van der Waals surface area contributed by atoms with Crippen molar-refractivity contribution in [3.05, 3.63) is 64.8 Å². The first-order valence-electron chi connectivity index (χ1n) is 11.2. The maximum atomic E-state index is 12.7. The van der Waals surface area contributed by atoms with Crippen molar-refractivity contribution in [1.29, 1.82) is 0 Å². The highest BCUT2D eigenvalue weighted by atomic mass is 32.2. The zero-order chi connectivity index (χ0) is 23.8. The fraction of sp³-hybridized carbons (Fsp3) is 0.400. The van der Waals surface area contributed by atoms with Gasteiger partial charge in [-0.1, -0.05) is 19.1 Å². The van der Waals surface area contributed by atoms with Crippen molar-refractivity contribution in [3.8, 4) is 5.75 Å². The topological polar surface area (TPSA) is 99.7 Å². The second kappa shape index (κ2) is 9.19. The highest BCUT2D eigenvalue weighted by molar-refractivity contribution is 7.92. The van der Waals surface area contributed by atoms with Crippen LogP contribution in [-0.2, 0) is 16.4 Å². The number of fused-ring (bicyclic) bond motifs is 1. The summed E-state index contributed by atoms with van der Waals surface area (Å²) in [7, 11) is -1.51. The predicted octanol–water partition coefficient (Wildman–Crippen LogP) is 4.32. The quantitative estimate of drug-likeness (QED) is 0.533. The number of hydrogen-bond acceptors (Lipinski definition) is 5. The van der Waals surface area contributed by atoms with Gasteiger partial charge in [-0.3, -0.25) is 4.90 Å². The van der Waals surface area contributed by atoms with E-state index in [1.54, 1.807) is 38.3 Å². The van der Waals surface area contributed by atoms with Crippen molar-refractivity contribution >= 4 is 26.7 Å². The maximum absolute atomic E-state index is 12.7. The molecule has 3 aromatic rings. The number of carbonyl (C=O) groups is 1. The van der Waals surface area contributed by atoms with Gasteiger partial charge in [-0.15, -0.1) is 0 Å². The Labute approximate surface area is 194 Å². The van der Waals surface area contributed by atoms with Gasteiger partial charge in [0.1, 0.15) is 5.75 Å². The molecule has 0 unspecified atom stereocenters. The highest BCUT2D eigenvalue weighted by Crippen LogP contribution is 2.38. The summed E-state index contributed by atoms with van der Waals surface area (Å²) in [4.78, 5) is 16.9. The number of rotatable bonds is 7. The van der Waals surface area contributed by atoms with E-state index in [4.69, 9.17) is 4.74 Å². The largest absolute Gasteiger partial charge is 0.496 e. The molecule has 176 valence electrons. The van der Waals surface area contributed by atoms with Gasteiger partial charge in [0.25, 0.3) is 0 Å².